The van der Waals surface area contributed by atoms with Crippen molar-refractivity contribution in [1.29, 1.82) is 0 Å². The van der Waals surface area contributed by atoms with Crippen LogP contribution in [0.2, 0.25) is 0 Å². The molecule has 1 aromatic heterocycles. The number of nitrogens with zero attached hydrogens (tertiary/aromatic N) is 1. The van der Waals surface area contributed by atoms with Crippen LogP contribution < -0.4 is 10.9 Å². The number of aryl methyl sites for hydroxylation is 2. The summed E-state index contributed by atoms with van der Waals surface area (Å²) in [6, 6.07) is 8.61. The van der Waals surface area contributed by atoms with Crippen LogP contribution in [-0.2, 0) is 10.0 Å². The van der Waals surface area contributed by atoms with Gasteiger partial charge < -0.3 is 5.73 Å². The maximum absolute atomic E-state index is 11.3. The van der Waals surface area contributed by atoms with Crippen LogP contribution in [-0.4, -0.2) is 13.4 Å². The number of pyridine rings is 1. The van der Waals surface area contributed by atoms with Crippen LogP contribution in [0.5, 0.6) is 0 Å². The van der Waals surface area contributed by atoms with Crippen molar-refractivity contribution in [3.8, 4) is 0 Å². The normalized spacial score (nSPS) is 11.6. The molecule has 0 saturated heterocycles. The summed E-state index contributed by atoms with van der Waals surface area (Å²) in [5.74, 6) is 0. The number of primary sulfonamides is 1. The third kappa shape index (κ3) is 3.50. The Balaban J connectivity index is 2.33. The van der Waals surface area contributed by atoms with Gasteiger partial charge in [0.15, 0.2) is 0 Å². The molecular formula is C13H15N3O2S2. The minimum Gasteiger partial charge on any atom is -0.398 e. The summed E-state index contributed by atoms with van der Waals surface area (Å²) in [7, 11) is -3.79. The number of anilines is 1. The molecule has 0 bridgehead atoms. The lowest BCUT2D eigenvalue weighted by Gasteiger charge is -2.07. The van der Waals surface area contributed by atoms with Crippen LogP contribution in [0.3, 0.4) is 0 Å². The molecular weight excluding hydrogens is 294 g/mol. The summed E-state index contributed by atoms with van der Waals surface area (Å²) >= 11 is 1.42. The van der Waals surface area contributed by atoms with Crippen molar-refractivity contribution in [2.45, 2.75) is 28.7 Å². The fourth-order valence-electron chi connectivity index (χ4n) is 1.83. The van der Waals surface area contributed by atoms with E-state index in [0.29, 0.717) is 0 Å². The van der Waals surface area contributed by atoms with Crippen molar-refractivity contribution >= 4 is 27.5 Å². The van der Waals surface area contributed by atoms with Crippen LogP contribution in [0.25, 0.3) is 0 Å². The fourth-order valence-corrected chi connectivity index (χ4v) is 3.47. The lowest BCUT2D eigenvalue weighted by atomic mass is 10.3. The monoisotopic (exact) mass is 309 g/mol. The molecule has 1 aromatic carbocycles. The Hall–Kier alpha value is -1.57. The summed E-state index contributed by atoms with van der Waals surface area (Å²) in [4.78, 5) is 5.16. The van der Waals surface area contributed by atoms with Crippen molar-refractivity contribution in [1.82, 2.24) is 4.98 Å². The second-order valence-corrected chi connectivity index (χ2v) is 7.09. The van der Waals surface area contributed by atoms with Crippen LogP contribution in [0.1, 0.15) is 11.3 Å². The van der Waals surface area contributed by atoms with Gasteiger partial charge in [0.1, 0.15) is 9.92 Å². The Morgan fingerprint density at radius 1 is 1.15 bits per heavy atom. The molecule has 0 radical (unpaired) electrons. The Morgan fingerprint density at radius 3 is 2.40 bits per heavy atom. The summed E-state index contributed by atoms with van der Waals surface area (Å²) in [5.41, 5.74) is 7.92. The average molecular weight is 309 g/mol. The molecule has 4 N–H and O–H groups in total. The zero-order valence-electron chi connectivity index (χ0n) is 11.1. The molecule has 0 atom stereocenters. The van der Waals surface area contributed by atoms with E-state index < -0.39 is 10.0 Å². The van der Waals surface area contributed by atoms with Crippen molar-refractivity contribution in [2.75, 3.05) is 5.73 Å². The lowest BCUT2D eigenvalue weighted by Crippen LogP contribution is -2.14. The van der Waals surface area contributed by atoms with E-state index >= 15 is 0 Å². The van der Waals surface area contributed by atoms with Gasteiger partial charge in [0.05, 0.1) is 5.69 Å². The Kier molecular flexibility index (Phi) is 4.03. The summed E-state index contributed by atoms with van der Waals surface area (Å²) in [6.45, 7) is 3.92. The molecule has 2 aromatic rings. The molecule has 0 fully saturated rings. The Labute approximate surface area is 122 Å². The van der Waals surface area contributed by atoms with Crippen molar-refractivity contribution in [3.63, 3.8) is 0 Å². The minimum absolute atomic E-state index is 0.0600. The van der Waals surface area contributed by atoms with Crippen LogP contribution >= 0.6 is 11.8 Å². The second-order valence-electron chi connectivity index (χ2n) is 4.47. The third-order valence-electron chi connectivity index (χ3n) is 2.58. The molecule has 0 aliphatic heterocycles. The second kappa shape index (κ2) is 5.43. The Bertz CT molecular complexity index is 738. The van der Waals surface area contributed by atoms with Crippen LogP contribution in [0.15, 0.2) is 45.1 Å². The molecule has 0 amide bonds. The smallest absolute Gasteiger partial charge is 0.240 e. The highest BCUT2D eigenvalue weighted by Gasteiger charge is 2.13. The van der Waals surface area contributed by atoms with Crippen molar-refractivity contribution in [3.05, 3.63) is 41.6 Å². The average Bonchev–Trinajstić information content (AvgIpc) is 2.25. The molecule has 0 saturated carbocycles. The first kappa shape index (κ1) is 14.8. The van der Waals surface area contributed by atoms with Crippen molar-refractivity contribution < 1.29 is 8.42 Å². The number of nitrogen functional groups attached to an aromatic ring is 1. The van der Waals surface area contributed by atoms with E-state index in [9.17, 15) is 8.42 Å². The van der Waals surface area contributed by atoms with Gasteiger partial charge in [0.2, 0.25) is 10.0 Å². The standard InChI is InChI=1S/C13H15N3O2S2/c1-8-5-9(2)16-13(6-8)19-10-3-4-12(11(14)7-10)20(15,17)18/h3-7H,14H2,1-2H3,(H2,15,17,18). The van der Waals surface area contributed by atoms with E-state index in [0.717, 1.165) is 21.2 Å². The van der Waals surface area contributed by atoms with Gasteiger partial charge in [-0.2, -0.15) is 0 Å². The maximum atomic E-state index is 11.3. The number of hydrogen-bond acceptors (Lipinski definition) is 5. The van der Waals surface area contributed by atoms with Gasteiger partial charge in [-0.3, -0.25) is 0 Å². The highest BCUT2D eigenvalue weighted by molar-refractivity contribution is 7.99. The molecule has 0 aliphatic rings. The van der Waals surface area contributed by atoms with Gasteiger partial charge in [-0.1, -0.05) is 11.8 Å². The molecule has 0 unspecified atom stereocenters. The van der Waals surface area contributed by atoms with E-state index in [2.05, 4.69) is 4.98 Å². The van der Waals surface area contributed by atoms with E-state index in [4.69, 9.17) is 10.9 Å². The van der Waals surface area contributed by atoms with Gasteiger partial charge in [0.25, 0.3) is 0 Å². The van der Waals surface area contributed by atoms with E-state index in [1.54, 1.807) is 12.1 Å². The minimum atomic E-state index is -3.79. The van der Waals surface area contributed by atoms with Gasteiger partial charge in [-0.25, -0.2) is 18.5 Å². The number of nitrogens with two attached hydrogens (primary N) is 2. The number of rotatable bonds is 3. The molecule has 5 nitrogen and oxygen atoms in total. The molecule has 2 rings (SSSR count). The van der Waals surface area contributed by atoms with Crippen LogP contribution in [0, 0.1) is 13.8 Å². The lowest BCUT2D eigenvalue weighted by molar-refractivity contribution is 0.598. The number of hydrogen-bond donors (Lipinski definition) is 2. The van der Waals surface area contributed by atoms with E-state index in [1.165, 1.54) is 17.8 Å². The third-order valence-corrected chi connectivity index (χ3v) is 4.48. The highest BCUT2D eigenvalue weighted by Crippen LogP contribution is 2.30. The van der Waals surface area contributed by atoms with Gasteiger partial charge in [0, 0.05) is 10.6 Å². The SMILES string of the molecule is Cc1cc(C)nc(Sc2ccc(S(N)(=O)=O)c(N)c2)c1. The van der Waals surface area contributed by atoms with Gasteiger partial charge in [-0.05, 0) is 49.7 Å². The summed E-state index contributed by atoms with van der Waals surface area (Å²) in [5, 5.41) is 5.91. The van der Waals surface area contributed by atoms with Gasteiger partial charge >= 0.3 is 0 Å². The number of benzene rings is 1. The van der Waals surface area contributed by atoms with Gasteiger partial charge in [-0.15, -0.1) is 0 Å². The summed E-state index contributed by atoms with van der Waals surface area (Å²) < 4.78 is 22.6. The predicted octanol–water partition coefficient (Wildman–Crippen LogP) is 2.08. The number of aromatic nitrogens is 1. The van der Waals surface area contributed by atoms with E-state index in [1.807, 2.05) is 26.0 Å². The fraction of sp³-hybridized carbons (Fsp3) is 0.154. The van der Waals surface area contributed by atoms with Crippen LogP contribution in [0.4, 0.5) is 5.69 Å². The summed E-state index contributed by atoms with van der Waals surface area (Å²) in [6.07, 6.45) is 0. The Morgan fingerprint density at radius 2 is 1.85 bits per heavy atom. The molecule has 106 valence electrons. The highest BCUT2D eigenvalue weighted by atomic mass is 32.2. The molecule has 0 spiro atoms. The first-order valence-electron chi connectivity index (χ1n) is 5.81. The molecule has 7 heteroatoms. The zero-order valence-corrected chi connectivity index (χ0v) is 12.8. The van der Waals surface area contributed by atoms with E-state index in [-0.39, 0.29) is 10.6 Å². The largest absolute Gasteiger partial charge is 0.398 e. The molecule has 1 heterocycles. The number of sulfonamides is 1. The molecule has 0 aliphatic carbocycles. The topological polar surface area (TPSA) is 99.1 Å². The first-order valence-corrected chi connectivity index (χ1v) is 8.17. The first-order chi connectivity index (χ1) is 9.25. The predicted molar refractivity (Wildman–Crippen MR) is 80.1 cm³/mol. The molecule has 20 heavy (non-hydrogen) atoms. The zero-order chi connectivity index (χ0) is 14.9. The van der Waals surface area contributed by atoms with Crippen molar-refractivity contribution in [2.24, 2.45) is 5.14 Å². The maximum Gasteiger partial charge on any atom is 0.240 e. The quantitative estimate of drug-likeness (QED) is 0.846.